The topological polar surface area (TPSA) is 20.2 Å². The quantitative estimate of drug-likeness (QED) is 0.646. The molecule has 0 spiro atoms. The molecule has 6 heteroatoms. The fourth-order valence-corrected chi connectivity index (χ4v) is 4.72. The molecule has 0 saturated heterocycles. The zero-order valence-electron chi connectivity index (χ0n) is 14.3. The lowest BCUT2D eigenvalue weighted by Crippen LogP contribution is -2.37. The van der Waals surface area contributed by atoms with E-state index in [2.05, 4.69) is 0 Å². The number of alkyl halides is 3. The minimum Gasteiger partial charge on any atom is -0.392 e. The van der Waals surface area contributed by atoms with Crippen molar-refractivity contribution in [2.45, 2.75) is 37.8 Å². The highest BCUT2D eigenvalue weighted by atomic mass is 35.5. The van der Waals surface area contributed by atoms with Gasteiger partial charge in [0.05, 0.1) is 6.61 Å². The zero-order valence-corrected chi connectivity index (χ0v) is 15.9. The molecule has 2 aromatic carbocycles. The van der Waals surface area contributed by atoms with E-state index in [9.17, 15) is 18.3 Å². The van der Waals surface area contributed by atoms with Crippen LogP contribution < -0.4 is 0 Å². The van der Waals surface area contributed by atoms with Gasteiger partial charge in [-0.05, 0) is 64.8 Å². The number of benzene rings is 2. The number of thioether (sulfide) groups is 1. The lowest BCUT2D eigenvalue weighted by Gasteiger charge is -2.32. The van der Waals surface area contributed by atoms with Crippen molar-refractivity contribution in [3.8, 4) is 0 Å². The monoisotopic (exact) mass is 398 g/mol. The third-order valence-corrected chi connectivity index (χ3v) is 6.33. The second kappa shape index (κ2) is 6.95. The molecule has 0 bridgehead atoms. The standard InChI is InChI=1S/C20H18ClF3OS/c1-12-5-17(8-18(21)6-12)19(20(22,23)24)9-16(11-26-19)14-3-4-15(10-25)13(2)7-14/h3-8,11,25H,9-10H2,1-2H3. The highest BCUT2D eigenvalue weighted by Crippen LogP contribution is 2.59. The number of hydrogen-bond acceptors (Lipinski definition) is 2. The van der Waals surface area contributed by atoms with E-state index in [4.69, 9.17) is 11.6 Å². The minimum absolute atomic E-state index is 0.0891. The van der Waals surface area contributed by atoms with Gasteiger partial charge >= 0.3 is 6.18 Å². The summed E-state index contributed by atoms with van der Waals surface area (Å²) in [6, 6.07) is 9.97. The molecule has 1 nitrogen and oxygen atoms in total. The minimum atomic E-state index is -4.42. The van der Waals surface area contributed by atoms with Crippen molar-refractivity contribution in [3.05, 3.63) is 74.6 Å². The maximum absolute atomic E-state index is 14.1. The second-order valence-electron chi connectivity index (χ2n) is 6.58. The van der Waals surface area contributed by atoms with E-state index in [1.165, 1.54) is 6.07 Å². The van der Waals surface area contributed by atoms with E-state index >= 15 is 0 Å². The van der Waals surface area contributed by atoms with Crippen molar-refractivity contribution in [2.75, 3.05) is 0 Å². The van der Waals surface area contributed by atoms with Gasteiger partial charge in [0.15, 0.2) is 0 Å². The predicted molar refractivity (Wildman–Crippen MR) is 101 cm³/mol. The average Bonchev–Trinajstić information content (AvgIpc) is 3.00. The highest BCUT2D eigenvalue weighted by Gasteiger charge is 2.58. The average molecular weight is 399 g/mol. The number of halogens is 4. The summed E-state index contributed by atoms with van der Waals surface area (Å²) in [6.45, 7) is 3.49. The number of aliphatic hydroxyl groups excluding tert-OH is 1. The van der Waals surface area contributed by atoms with Crippen LogP contribution in [0.15, 0.2) is 41.8 Å². The van der Waals surface area contributed by atoms with Crippen LogP contribution in [0.4, 0.5) is 13.2 Å². The SMILES string of the molecule is Cc1cc(Cl)cc(C2(C(F)(F)F)CC(c3ccc(CO)c(C)c3)=CS2)c1. The first-order valence-corrected chi connectivity index (χ1v) is 9.34. The van der Waals surface area contributed by atoms with Crippen molar-refractivity contribution < 1.29 is 18.3 Å². The molecular formula is C20H18ClF3OS. The van der Waals surface area contributed by atoms with Gasteiger partial charge in [0.25, 0.3) is 0 Å². The number of allylic oxidation sites excluding steroid dienone is 1. The van der Waals surface area contributed by atoms with Gasteiger partial charge in [-0.1, -0.05) is 35.9 Å². The molecule has 2 aromatic rings. The summed E-state index contributed by atoms with van der Waals surface area (Å²) < 4.78 is 40.3. The van der Waals surface area contributed by atoms with Gasteiger partial charge < -0.3 is 5.11 Å². The molecule has 0 amide bonds. The van der Waals surface area contributed by atoms with Crippen LogP contribution in [0.5, 0.6) is 0 Å². The number of aryl methyl sites for hydroxylation is 2. The van der Waals surface area contributed by atoms with Crippen molar-refractivity contribution >= 4 is 28.9 Å². The van der Waals surface area contributed by atoms with Gasteiger partial charge in [-0.15, -0.1) is 11.8 Å². The van der Waals surface area contributed by atoms with E-state index in [0.717, 1.165) is 28.5 Å². The molecule has 26 heavy (non-hydrogen) atoms. The molecule has 0 radical (unpaired) electrons. The highest BCUT2D eigenvalue weighted by molar-refractivity contribution is 8.03. The first-order valence-electron chi connectivity index (χ1n) is 8.08. The van der Waals surface area contributed by atoms with Crippen LogP contribution in [0.3, 0.4) is 0 Å². The fourth-order valence-electron chi connectivity index (χ4n) is 3.24. The van der Waals surface area contributed by atoms with Crippen molar-refractivity contribution in [1.29, 1.82) is 0 Å². The smallest absolute Gasteiger partial charge is 0.392 e. The summed E-state index contributed by atoms with van der Waals surface area (Å²) in [5.41, 5.74) is 3.89. The Labute approximate surface area is 159 Å². The summed E-state index contributed by atoms with van der Waals surface area (Å²) in [5.74, 6) is 0. The van der Waals surface area contributed by atoms with Crippen LogP contribution in [0, 0.1) is 13.8 Å². The van der Waals surface area contributed by atoms with Crippen molar-refractivity contribution in [3.63, 3.8) is 0 Å². The Hall–Kier alpha value is -1.43. The molecule has 1 heterocycles. The first-order chi connectivity index (χ1) is 12.2. The van der Waals surface area contributed by atoms with Crippen LogP contribution in [-0.2, 0) is 11.4 Å². The molecule has 1 N–H and O–H groups in total. The third-order valence-electron chi connectivity index (χ3n) is 4.69. The molecule has 1 unspecified atom stereocenters. The van der Waals surface area contributed by atoms with Gasteiger partial charge in [0.1, 0.15) is 4.75 Å². The van der Waals surface area contributed by atoms with Crippen molar-refractivity contribution in [1.82, 2.24) is 0 Å². The van der Waals surface area contributed by atoms with Gasteiger partial charge in [0, 0.05) is 11.4 Å². The first kappa shape index (κ1) is 19.3. The maximum atomic E-state index is 14.1. The molecule has 0 fully saturated rings. The largest absolute Gasteiger partial charge is 0.407 e. The van der Waals surface area contributed by atoms with E-state index in [1.54, 1.807) is 36.6 Å². The summed E-state index contributed by atoms with van der Waals surface area (Å²) in [4.78, 5) is 0. The lowest BCUT2D eigenvalue weighted by atomic mass is 9.87. The van der Waals surface area contributed by atoms with Crippen LogP contribution in [-0.4, -0.2) is 11.3 Å². The fraction of sp³-hybridized carbons (Fsp3) is 0.300. The second-order valence-corrected chi connectivity index (χ2v) is 8.18. The Kier molecular flexibility index (Phi) is 5.17. The van der Waals surface area contributed by atoms with E-state index in [-0.39, 0.29) is 18.6 Å². The van der Waals surface area contributed by atoms with Gasteiger partial charge in [-0.25, -0.2) is 0 Å². The molecule has 0 aliphatic carbocycles. The summed E-state index contributed by atoms with van der Waals surface area (Å²) in [6.07, 6.45) is -4.58. The summed E-state index contributed by atoms with van der Waals surface area (Å²) >= 11 is 6.82. The molecule has 1 atom stereocenters. The lowest BCUT2D eigenvalue weighted by molar-refractivity contribution is -0.160. The Morgan fingerprint density at radius 1 is 1.15 bits per heavy atom. The summed E-state index contributed by atoms with van der Waals surface area (Å²) in [7, 11) is 0. The Bertz CT molecular complexity index is 856. The van der Waals surface area contributed by atoms with Crippen LogP contribution >= 0.6 is 23.4 Å². The zero-order chi connectivity index (χ0) is 19.1. The predicted octanol–water partition coefficient (Wildman–Crippen LogP) is 6.38. The molecular weight excluding hydrogens is 381 g/mol. The van der Waals surface area contributed by atoms with Gasteiger partial charge in [0.2, 0.25) is 0 Å². The van der Waals surface area contributed by atoms with E-state index in [0.29, 0.717) is 16.2 Å². The number of aliphatic hydroxyl groups is 1. The van der Waals surface area contributed by atoms with Gasteiger partial charge in [-0.2, -0.15) is 13.2 Å². The molecule has 3 rings (SSSR count). The molecule has 0 saturated carbocycles. The van der Waals surface area contributed by atoms with Gasteiger partial charge in [-0.3, -0.25) is 0 Å². The van der Waals surface area contributed by atoms with E-state index in [1.807, 2.05) is 13.0 Å². The van der Waals surface area contributed by atoms with Crippen LogP contribution in [0.1, 0.15) is 34.2 Å². The van der Waals surface area contributed by atoms with Crippen LogP contribution in [0.25, 0.3) is 5.57 Å². The molecule has 1 aliphatic rings. The third kappa shape index (κ3) is 3.40. The molecule has 0 aromatic heterocycles. The summed E-state index contributed by atoms with van der Waals surface area (Å²) in [5, 5.41) is 11.2. The molecule has 1 aliphatic heterocycles. The normalized spacial score (nSPS) is 20.3. The molecule has 138 valence electrons. The Morgan fingerprint density at radius 2 is 1.88 bits per heavy atom. The number of rotatable bonds is 3. The van der Waals surface area contributed by atoms with E-state index < -0.39 is 10.9 Å². The maximum Gasteiger partial charge on any atom is 0.407 e. The van der Waals surface area contributed by atoms with Crippen LogP contribution in [0.2, 0.25) is 5.02 Å². The Balaban J connectivity index is 2.02. The number of hydrogen-bond donors (Lipinski definition) is 1. The Morgan fingerprint density at radius 3 is 2.46 bits per heavy atom. The van der Waals surface area contributed by atoms with Crippen molar-refractivity contribution in [2.24, 2.45) is 0 Å².